The van der Waals surface area contributed by atoms with E-state index in [1.807, 2.05) is 13.1 Å². The largest absolute Gasteiger partial charge is 0.403 e. The van der Waals surface area contributed by atoms with E-state index in [0.29, 0.717) is 19.0 Å². The SMILES string of the molecule is C=CN(C)C(=N)CN(CCN/C=C\N)Cc1ccc2c(c1)CON2.CCCN(CCC)CCCCN. The van der Waals surface area contributed by atoms with E-state index in [4.69, 9.17) is 21.7 Å². The number of fused-ring (bicyclic) bond motifs is 1. The number of amidine groups is 1. The van der Waals surface area contributed by atoms with Crippen LogP contribution in [0.15, 0.2) is 43.4 Å². The molecule has 0 bridgehead atoms. The van der Waals surface area contributed by atoms with Crippen LogP contribution in [0, 0.1) is 5.41 Å². The highest BCUT2D eigenvalue weighted by Crippen LogP contribution is 2.24. The van der Waals surface area contributed by atoms with Crippen LogP contribution in [-0.4, -0.2) is 73.4 Å². The summed E-state index contributed by atoms with van der Waals surface area (Å²) in [6.45, 7) is 16.2. The van der Waals surface area contributed by atoms with Gasteiger partial charge in [0.15, 0.2) is 0 Å². The highest BCUT2D eigenvalue weighted by molar-refractivity contribution is 5.81. The van der Waals surface area contributed by atoms with Crippen molar-refractivity contribution < 1.29 is 4.84 Å². The van der Waals surface area contributed by atoms with Crippen LogP contribution in [0.4, 0.5) is 5.69 Å². The second kappa shape index (κ2) is 19.6. The molecule has 204 valence electrons. The zero-order valence-electron chi connectivity index (χ0n) is 22.8. The lowest BCUT2D eigenvalue weighted by molar-refractivity contribution is 0.202. The van der Waals surface area contributed by atoms with Gasteiger partial charge in [-0.25, -0.2) is 0 Å². The maximum atomic E-state index is 8.16. The molecular formula is C27H50N8O. The number of rotatable bonds is 17. The van der Waals surface area contributed by atoms with Gasteiger partial charge in [0, 0.05) is 44.6 Å². The van der Waals surface area contributed by atoms with E-state index in [0.717, 1.165) is 37.4 Å². The van der Waals surface area contributed by atoms with E-state index in [9.17, 15) is 0 Å². The molecule has 9 heteroatoms. The van der Waals surface area contributed by atoms with Gasteiger partial charge in [0.2, 0.25) is 0 Å². The van der Waals surface area contributed by atoms with Crippen LogP contribution in [0.1, 0.15) is 50.7 Å². The maximum Gasteiger partial charge on any atom is 0.114 e. The predicted molar refractivity (Wildman–Crippen MR) is 152 cm³/mol. The van der Waals surface area contributed by atoms with Crippen LogP contribution in [0.2, 0.25) is 0 Å². The molecule has 1 aromatic rings. The van der Waals surface area contributed by atoms with Gasteiger partial charge in [-0.3, -0.25) is 20.6 Å². The third kappa shape index (κ3) is 12.9. The molecule has 36 heavy (non-hydrogen) atoms. The summed E-state index contributed by atoms with van der Waals surface area (Å²) in [7, 11) is 1.83. The first-order chi connectivity index (χ1) is 17.5. The van der Waals surface area contributed by atoms with E-state index >= 15 is 0 Å². The van der Waals surface area contributed by atoms with Crippen molar-refractivity contribution >= 4 is 11.5 Å². The molecule has 0 aliphatic carbocycles. The summed E-state index contributed by atoms with van der Waals surface area (Å²) in [6, 6.07) is 6.27. The number of hydrogen-bond acceptors (Lipinski definition) is 8. The zero-order valence-corrected chi connectivity index (χ0v) is 22.8. The van der Waals surface area contributed by atoms with Crippen molar-refractivity contribution in [3.05, 3.63) is 54.5 Å². The van der Waals surface area contributed by atoms with Crippen molar-refractivity contribution in [3.8, 4) is 0 Å². The van der Waals surface area contributed by atoms with Crippen LogP contribution in [0.5, 0.6) is 0 Å². The molecule has 0 fully saturated rings. The summed E-state index contributed by atoms with van der Waals surface area (Å²) in [5.41, 5.74) is 17.1. The summed E-state index contributed by atoms with van der Waals surface area (Å²) in [6.07, 6.45) is 9.81. The zero-order chi connectivity index (χ0) is 26.6. The number of nitrogens with two attached hydrogens (primary N) is 2. The topological polar surface area (TPSA) is 119 Å². The van der Waals surface area contributed by atoms with Gasteiger partial charge in [-0.1, -0.05) is 26.5 Å². The number of benzene rings is 1. The molecule has 7 N–H and O–H groups in total. The molecule has 0 amide bonds. The van der Waals surface area contributed by atoms with Gasteiger partial charge in [0.05, 0.1) is 12.2 Å². The Labute approximate surface area is 219 Å². The Morgan fingerprint density at radius 1 is 1.17 bits per heavy atom. The summed E-state index contributed by atoms with van der Waals surface area (Å²) in [5.74, 6) is 0.505. The monoisotopic (exact) mass is 502 g/mol. The number of unbranched alkanes of at least 4 members (excludes halogenated alkanes) is 1. The lowest BCUT2D eigenvalue weighted by Crippen LogP contribution is -2.38. The Balaban J connectivity index is 0.000000457. The van der Waals surface area contributed by atoms with Crippen LogP contribution < -0.4 is 22.3 Å². The van der Waals surface area contributed by atoms with Crippen LogP contribution in [0.25, 0.3) is 0 Å². The lowest BCUT2D eigenvalue weighted by atomic mass is 10.1. The number of anilines is 1. The lowest BCUT2D eigenvalue weighted by Gasteiger charge is -2.25. The highest BCUT2D eigenvalue weighted by atomic mass is 16.6. The molecule has 0 saturated heterocycles. The van der Waals surface area contributed by atoms with Gasteiger partial charge in [0.25, 0.3) is 0 Å². The van der Waals surface area contributed by atoms with E-state index in [-0.39, 0.29) is 0 Å². The molecule has 0 aromatic heterocycles. The average molecular weight is 503 g/mol. The fourth-order valence-corrected chi connectivity index (χ4v) is 3.88. The maximum absolute atomic E-state index is 8.16. The normalized spacial score (nSPS) is 12.3. The first-order valence-corrected chi connectivity index (χ1v) is 13.2. The number of nitrogens with zero attached hydrogens (tertiary/aromatic N) is 3. The predicted octanol–water partition coefficient (Wildman–Crippen LogP) is 3.27. The highest BCUT2D eigenvalue weighted by Gasteiger charge is 2.14. The molecule has 0 radical (unpaired) electrons. The van der Waals surface area contributed by atoms with Crippen molar-refractivity contribution in [2.45, 2.75) is 52.7 Å². The second-order valence-corrected chi connectivity index (χ2v) is 8.98. The third-order valence-corrected chi connectivity index (χ3v) is 5.85. The molecule has 0 unspecified atom stereocenters. The van der Waals surface area contributed by atoms with Crippen molar-refractivity contribution in [1.82, 2.24) is 20.0 Å². The first kappa shape index (κ1) is 31.4. The average Bonchev–Trinajstić information content (AvgIpc) is 3.35. The van der Waals surface area contributed by atoms with E-state index in [2.05, 4.69) is 53.2 Å². The Morgan fingerprint density at radius 2 is 1.92 bits per heavy atom. The third-order valence-electron chi connectivity index (χ3n) is 5.85. The van der Waals surface area contributed by atoms with Gasteiger partial charge in [-0.2, -0.15) is 0 Å². The molecule has 1 aliphatic heterocycles. The molecule has 0 saturated carbocycles. The summed E-state index contributed by atoms with van der Waals surface area (Å²) >= 11 is 0. The van der Waals surface area contributed by atoms with Gasteiger partial charge >= 0.3 is 0 Å². The van der Waals surface area contributed by atoms with E-state index in [1.165, 1.54) is 57.1 Å². The summed E-state index contributed by atoms with van der Waals surface area (Å²) in [4.78, 5) is 11.7. The van der Waals surface area contributed by atoms with Crippen molar-refractivity contribution in [3.63, 3.8) is 0 Å². The Morgan fingerprint density at radius 3 is 2.56 bits per heavy atom. The minimum Gasteiger partial charge on any atom is -0.403 e. The molecule has 0 spiro atoms. The van der Waals surface area contributed by atoms with Gasteiger partial charge < -0.3 is 26.6 Å². The van der Waals surface area contributed by atoms with Crippen LogP contribution in [0.3, 0.4) is 0 Å². The molecule has 9 nitrogen and oxygen atoms in total. The fraction of sp³-hybridized carbons (Fsp3) is 0.593. The summed E-state index contributed by atoms with van der Waals surface area (Å²) in [5, 5.41) is 11.3. The second-order valence-electron chi connectivity index (χ2n) is 8.98. The van der Waals surface area contributed by atoms with Gasteiger partial charge in [-0.05, 0) is 75.8 Å². The van der Waals surface area contributed by atoms with E-state index in [1.54, 1.807) is 17.3 Å². The Hall–Kier alpha value is -2.59. The van der Waals surface area contributed by atoms with Crippen molar-refractivity contribution in [2.24, 2.45) is 11.5 Å². The first-order valence-electron chi connectivity index (χ1n) is 13.2. The fourth-order valence-electron chi connectivity index (χ4n) is 3.88. The number of likely N-dealkylation sites (N-methyl/N-ethyl adjacent to an activating group) is 1. The quantitative estimate of drug-likeness (QED) is 0.125. The minimum atomic E-state index is 0.505. The number of hydrogen-bond donors (Lipinski definition) is 5. The van der Waals surface area contributed by atoms with Crippen LogP contribution in [-0.2, 0) is 18.0 Å². The van der Waals surface area contributed by atoms with Crippen molar-refractivity contribution in [1.29, 1.82) is 5.41 Å². The number of nitrogens with one attached hydrogen (secondary N) is 3. The summed E-state index contributed by atoms with van der Waals surface area (Å²) < 4.78 is 0. The molecule has 1 heterocycles. The standard InChI is InChI=1S/C17H26N6O.C10H24N2/c1-3-22(2)17(19)12-23(9-8-20-7-6-18)11-14-4-5-16-15(10-14)13-24-21-16;1-3-8-12(9-4-2)10-6-5-7-11/h3-7,10,19-21H,1,8-9,11-13,18H2,2H3;3-11H2,1-2H3/b7-6-,19-17?;. The Kier molecular flexibility index (Phi) is 17.1. The van der Waals surface area contributed by atoms with Crippen molar-refractivity contribution in [2.75, 3.05) is 58.3 Å². The Bertz CT molecular complexity index is 764. The molecule has 0 atom stereocenters. The molecular weight excluding hydrogens is 452 g/mol. The minimum absolute atomic E-state index is 0.505. The molecule has 1 aliphatic rings. The van der Waals surface area contributed by atoms with Gasteiger partial charge in [0.1, 0.15) is 12.4 Å². The van der Waals surface area contributed by atoms with E-state index < -0.39 is 0 Å². The molecule has 1 aromatic carbocycles. The van der Waals surface area contributed by atoms with Gasteiger partial charge in [-0.15, -0.1) is 0 Å². The van der Waals surface area contributed by atoms with Crippen LogP contribution >= 0.6 is 0 Å². The molecule has 2 rings (SSSR count). The smallest absolute Gasteiger partial charge is 0.114 e.